The normalized spacial score (nSPS) is 23.1. The molecule has 1 aliphatic rings. The molecular weight excluding hydrogens is 240 g/mol. The van der Waals surface area contributed by atoms with E-state index in [2.05, 4.69) is 50.3 Å². The van der Waals surface area contributed by atoms with E-state index in [-0.39, 0.29) is 5.41 Å². The predicted molar refractivity (Wildman–Crippen MR) is 92.0 cm³/mol. The van der Waals surface area contributed by atoms with Gasteiger partial charge in [0.25, 0.3) is 0 Å². The highest BCUT2D eigenvalue weighted by atomic mass is 14.3. The Morgan fingerprint density at radius 3 is 1.95 bits per heavy atom. The average molecular weight is 274 g/mol. The van der Waals surface area contributed by atoms with Crippen molar-refractivity contribution in [2.45, 2.75) is 84.5 Å². The maximum atomic E-state index is 2.47. The number of unbranched alkanes of at least 4 members (excludes halogenated alkanes) is 6. The topological polar surface area (TPSA) is 0 Å². The zero-order valence-electron chi connectivity index (χ0n) is 13.7. The van der Waals surface area contributed by atoms with Gasteiger partial charge < -0.3 is 0 Å². The number of rotatable bonds is 10. The van der Waals surface area contributed by atoms with Crippen molar-refractivity contribution in [3.63, 3.8) is 0 Å². The van der Waals surface area contributed by atoms with Gasteiger partial charge in [0.15, 0.2) is 0 Å². The molecule has 0 atom stereocenters. The average Bonchev–Trinajstić information content (AvgIpc) is 2.48. The lowest BCUT2D eigenvalue weighted by molar-refractivity contribution is 0.510. The molecule has 0 aromatic heterocycles. The minimum Gasteiger partial charge on any atom is -0.0874 e. The molecule has 0 unspecified atom stereocenters. The molecule has 0 bridgehead atoms. The molecule has 0 heteroatoms. The molecule has 0 aromatic rings. The lowest BCUT2D eigenvalue weighted by Gasteiger charge is -2.27. The molecule has 0 fully saturated rings. The van der Waals surface area contributed by atoms with Crippen LogP contribution >= 0.6 is 0 Å². The van der Waals surface area contributed by atoms with Crippen molar-refractivity contribution in [1.82, 2.24) is 0 Å². The Balaban J connectivity index is 2.48. The van der Waals surface area contributed by atoms with Gasteiger partial charge in [0.1, 0.15) is 0 Å². The van der Waals surface area contributed by atoms with E-state index in [0.29, 0.717) is 0 Å². The number of hydrogen-bond donors (Lipinski definition) is 0. The van der Waals surface area contributed by atoms with Crippen molar-refractivity contribution in [3.05, 3.63) is 36.5 Å². The van der Waals surface area contributed by atoms with Gasteiger partial charge in [0, 0.05) is 5.41 Å². The van der Waals surface area contributed by atoms with E-state index in [1.54, 1.807) is 0 Å². The second-order valence-electron chi connectivity index (χ2n) is 6.20. The molecule has 1 rings (SSSR count). The summed E-state index contributed by atoms with van der Waals surface area (Å²) in [6.07, 6.45) is 29.0. The maximum absolute atomic E-state index is 2.47. The Hall–Kier alpha value is -0.780. The Labute approximate surface area is 127 Å². The van der Waals surface area contributed by atoms with Gasteiger partial charge in [-0.25, -0.2) is 0 Å². The molecule has 114 valence electrons. The van der Waals surface area contributed by atoms with Crippen LogP contribution in [0.15, 0.2) is 36.5 Å². The first-order valence-electron chi connectivity index (χ1n) is 8.86. The highest BCUT2D eigenvalue weighted by Gasteiger charge is 2.21. The van der Waals surface area contributed by atoms with Crippen LogP contribution < -0.4 is 0 Å². The van der Waals surface area contributed by atoms with E-state index in [4.69, 9.17) is 0 Å². The molecule has 0 amide bonds. The van der Waals surface area contributed by atoms with Crippen molar-refractivity contribution in [2.75, 3.05) is 0 Å². The monoisotopic (exact) mass is 274 g/mol. The fourth-order valence-electron chi connectivity index (χ4n) is 2.88. The Bertz CT molecular complexity index is 286. The maximum Gasteiger partial charge on any atom is 0.0242 e. The van der Waals surface area contributed by atoms with Crippen molar-refractivity contribution < 1.29 is 0 Å². The molecule has 20 heavy (non-hydrogen) atoms. The van der Waals surface area contributed by atoms with E-state index < -0.39 is 0 Å². The molecule has 0 nitrogen and oxygen atoms in total. The molecule has 0 N–H and O–H groups in total. The zero-order chi connectivity index (χ0) is 14.5. The van der Waals surface area contributed by atoms with Gasteiger partial charge in [-0.3, -0.25) is 0 Å². The molecular formula is C20H34. The van der Waals surface area contributed by atoms with Crippen LogP contribution in [0.2, 0.25) is 0 Å². The molecule has 0 spiro atoms. The largest absolute Gasteiger partial charge is 0.0874 e. The summed E-state index contributed by atoms with van der Waals surface area (Å²) in [6.45, 7) is 4.54. The van der Waals surface area contributed by atoms with Crippen LogP contribution in [0, 0.1) is 5.41 Å². The van der Waals surface area contributed by atoms with Gasteiger partial charge in [0.05, 0.1) is 0 Å². The summed E-state index contributed by atoms with van der Waals surface area (Å²) in [5, 5.41) is 0. The van der Waals surface area contributed by atoms with Crippen LogP contribution in [0.25, 0.3) is 0 Å². The SMILES string of the molecule is CCCCCC=CC1(C=CCCCCC)C=CCCC1. The van der Waals surface area contributed by atoms with E-state index in [9.17, 15) is 0 Å². The molecule has 0 heterocycles. The Morgan fingerprint density at radius 1 is 0.900 bits per heavy atom. The minimum atomic E-state index is 0.233. The highest BCUT2D eigenvalue weighted by molar-refractivity contribution is 5.23. The molecule has 0 saturated heterocycles. The van der Waals surface area contributed by atoms with Crippen molar-refractivity contribution in [1.29, 1.82) is 0 Å². The van der Waals surface area contributed by atoms with Crippen molar-refractivity contribution in [3.8, 4) is 0 Å². The quantitative estimate of drug-likeness (QED) is 0.297. The number of allylic oxidation sites excluding steroid dienone is 6. The predicted octanol–water partition coefficient (Wildman–Crippen LogP) is 6.99. The van der Waals surface area contributed by atoms with Crippen LogP contribution in [0.1, 0.15) is 84.5 Å². The second kappa shape index (κ2) is 10.9. The van der Waals surface area contributed by atoms with E-state index in [1.165, 1.54) is 70.6 Å². The van der Waals surface area contributed by atoms with Gasteiger partial charge >= 0.3 is 0 Å². The van der Waals surface area contributed by atoms with Crippen molar-refractivity contribution >= 4 is 0 Å². The van der Waals surface area contributed by atoms with Gasteiger partial charge in [-0.1, -0.05) is 76.0 Å². The first kappa shape index (κ1) is 17.3. The summed E-state index contributed by atoms with van der Waals surface area (Å²) in [5.74, 6) is 0. The van der Waals surface area contributed by atoms with Crippen LogP contribution in [0.3, 0.4) is 0 Å². The third kappa shape index (κ3) is 7.12. The summed E-state index contributed by atoms with van der Waals surface area (Å²) in [4.78, 5) is 0. The summed E-state index contributed by atoms with van der Waals surface area (Å²) < 4.78 is 0. The molecule has 0 saturated carbocycles. The van der Waals surface area contributed by atoms with Gasteiger partial charge in [-0.15, -0.1) is 0 Å². The third-order valence-corrected chi connectivity index (χ3v) is 4.21. The third-order valence-electron chi connectivity index (χ3n) is 4.21. The first-order chi connectivity index (χ1) is 9.83. The van der Waals surface area contributed by atoms with Gasteiger partial charge in [-0.2, -0.15) is 0 Å². The van der Waals surface area contributed by atoms with Crippen LogP contribution in [0.4, 0.5) is 0 Å². The van der Waals surface area contributed by atoms with E-state index in [1.807, 2.05) is 0 Å². The number of hydrogen-bond acceptors (Lipinski definition) is 0. The van der Waals surface area contributed by atoms with Gasteiger partial charge in [0.2, 0.25) is 0 Å². The molecule has 1 aliphatic carbocycles. The lowest BCUT2D eigenvalue weighted by atomic mass is 9.78. The van der Waals surface area contributed by atoms with Gasteiger partial charge in [-0.05, 0) is 44.9 Å². The van der Waals surface area contributed by atoms with E-state index in [0.717, 1.165) is 0 Å². The molecule has 0 aromatic carbocycles. The molecule has 0 radical (unpaired) electrons. The second-order valence-corrected chi connectivity index (χ2v) is 6.20. The van der Waals surface area contributed by atoms with Crippen molar-refractivity contribution in [2.24, 2.45) is 5.41 Å². The molecule has 0 aliphatic heterocycles. The summed E-state index contributed by atoms with van der Waals surface area (Å²) in [6, 6.07) is 0. The van der Waals surface area contributed by atoms with E-state index >= 15 is 0 Å². The lowest BCUT2D eigenvalue weighted by Crippen LogP contribution is -2.14. The Kier molecular flexibility index (Phi) is 9.45. The highest BCUT2D eigenvalue weighted by Crippen LogP contribution is 2.34. The summed E-state index contributed by atoms with van der Waals surface area (Å²) in [5.41, 5.74) is 0.233. The fourth-order valence-corrected chi connectivity index (χ4v) is 2.88. The zero-order valence-corrected chi connectivity index (χ0v) is 13.7. The minimum absolute atomic E-state index is 0.233. The van der Waals surface area contributed by atoms with Crippen LogP contribution in [0.5, 0.6) is 0 Å². The Morgan fingerprint density at radius 2 is 1.50 bits per heavy atom. The van der Waals surface area contributed by atoms with Crippen LogP contribution in [-0.4, -0.2) is 0 Å². The fraction of sp³-hybridized carbons (Fsp3) is 0.700. The summed E-state index contributed by atoms with van der Waals surface area (Å²) in [7, 11) is 0. The summed E-state index contributed by atoms with van der Waals surface area (Å²) >= 11 is 0. The smallest absolute Gasteiger partial charge is 0.0242 e. The first-order valence-corrected chi connectivity index (χ1v) is 8.86. The van der Waals surface area contributed by atoms with Crippen LogP contribution in [-0.2, 0) is 0 Å². The standard InChI is InChI=1S/C20H34/c1-3-5-7-9-12-16-20(18-14-11-15-19-20)17-13-10-8-6-4-2/h12-14,16-18H,3-11,15,19H2,1-2H3.